The number of allylic oxidation sites excluding steroid dienone is 1. The average molecular weight is 416 g/mol. The number of hydrogen-bond donors (Lipinski definition) is 0. The Labute approximate surface area is 179 Å². The summed E-state index contributed by atoms with van der Waals surface area (Å²) in [6.45, 7) is 1.74. The Balaban J connectivity index is 1.61. The molecule has 0 bridgehead atoms. The van der Waals surface area contributed by atoms with Gasteiger partial charge in [0.2, 0.25) is 5.78 Å². The summed E-state index contributed by atoms with van der Waals surface area (Å²) in [6.07, 6.45) is 1.69. The molecule has 156 valence electrons. The number of Topliss-reactive ketones (excluding diaryl/α,β-unsaturated/α-hetero) is 1. The SMILES string of the molecule is COc1cc(OC)cc(C(=O)Oc2ccc3c(c2C)O/C(=C\c2ccccc2)C3=O)c1. The molecule has 0 atom stereocenters. The molecule has 1 heterocycles. The van der Waals surface area contributed by atoms with Crippen LogP contribution in [0.15, 0.2) is 66.4 Å². The van der Waals surface area contributed by atoms with Crippen LogP contribution >= 0.6 is 0 Å². The van der Waals surface area contributed by atoms with Gasteiger partial charge in [-0.3, -0.25) is 4.79 Å². The minimum atomic E-state index is -0.579. The van der Waals surface area contributed by atoms with Gasteiger partial charge in [-0.2, -0.15) is 0 Å². The lowest BCUT2D eigenvalue weighted by atomic mass is 10.1. The Hall–Kier alpha value is -4.06. The average Bonchev–Trinajstić information content (AvgIpc) is 3.11. The van der Waals surface area contributed by atoms with Crippen molar-refractivity contribution in [3.63, 3.8) is 0 Å². The van der Waals surface area contributed by atoms with E-state index in [4.69, 9.17) is 18.9 Å². The molecule has 1 aliphatic heterocycles. The molecule has 4 rings (SSSR count). The van der Waals surface area contributed by atoms with E-state index in [1.807, 2.05) is 30.3 Å². The van der Waals surface area contributed by atoms with E-state index in [9.17, 15) is 9.59 Å². The third-order valence-electron chi connectivity index (χ3n) is 4.92. The standard InChI is InChI=1S/C25H20O6/c1-15-21(31-25(27)17-12-18(28-2)14-19(13-17)29-3)10-9-20-23(26)22(30-24(15)20)11-16-7-5-4-6-8-16/h4-14H,1-3H3/b22-11-. The number of benzene rings is 3. The minimum Gasteiger partial charge on any atom is -0.497 e. The van der Waals surface area contributed by atoms with Gasteiger partial charge in [0.1, 0.15) is 23.0 Å². The number of ketones is 1. The topological polar surface area (TPSA) is 71.1 Å². The molecule has 0 spiro atoms. The number of carbonyl (C=O) groups excluding carboxylic acids is 2. The second-order valence-corrected chi connectivity index (χ2v) is 6.91. The lowest BCUT2D eigenvalue weighted by Crippen LogP contribution is -2.10. The first-order valence-corrected chi connectivity index (χ1v) is 9.58. The van der Waals surface area contributed by atoms with Crippen molar-refractivity contribution in [2.75, 3.05) is 14.2 Å². The van der Waals surface area contributed by atoms with Crippen LogP contribution in [0.25, 0.3) is 6.08 Å². The second-order valence-electron chi connectivity index (χ2n) is 6.91. The summed E-state index contributed by atoms with van der Waals surface area (Å²) in [5, 5.41) is 0. The third-order valence-corrected chi connectivity index (χ3v) is 4.92. The summed E-state index contributed by atoms with van der Waals surface area (Å²) in [7, 11) is 3.01. The van der Waals surface area contributed by atoms with Crippen LogP contribution in [0.5, 0.6) is 23.0 Å². The number of methoxy groups -OCH3 is 2. The lowest BCUT2D eigenvalue weighted by Gasteiger charge is -2.11. The number of carbonyl (C=O) groups is 2. The van der Waals surface area contributed by atoms with E-state index >= 15 is 0 Å². The maximum atomic E-state index is 12.7. The van der Waals surface area contributed by atoms with Crippen LogP contribution in [-0.4, -0.2) is 26.0 Å². The summed E-state index contributed by atoms with van der Waals surface area (Å²) < 4.78 is 21.8. The zero-order chi connectivity index (χ0) is 22.0. The maximum absolute atomic E-state index is 12.7. The Morgan fingerprint density at radius 3 is 2.26 bits per heavy atom. The number of rotatable bonds is 5. The fourth-order valence-electron chi connectivity index (χ4n) is 3.26. The van der Waals surface area contributed by atoms with Crippen LogP contribution in [-0.2, 0) is 0 Å². The third kappa shape index (κ3) is 4.00. The van der Waals surface area contributed by atoms with Crippen LogP contribution in [0, 0.1) is 6.92 Å². The predicted octanol–water partition coefficient (Wildman–Crippen LogP) is 4.85. The molecule has 31 heavy (non-hydrogen) atoms. The molecular formula is C25H20O6. The normalized spacial score (nSPS) is 13.5. The summed E-state index contributed by atoms with van der Waals surface area (Å²) in [4.78, 5) is 25.4. The second kappa shape index (κ2) is 8.36. The maximum Gasteiger partial charge on any atom is 0.343 e. The molecule has 1 aliphatic rings. The zero-order valence-corrected chi connectivity index (χ0v) is 17.3. The van der Waals surface area contributed by atoms with Crippen molar-refractivity contribution in [2.24, 2.45) is 0 Å². The first-order valence-electron chi connectivity index (χ1n) is 9.58. The molecular weight excluding hydrogens is 396 g/mol. The highest BCUT2D eigenvalue weighted by molar-refractivity contribution is 6.15. The van der Waals surface area contributed by atoms with Gasteiger partial charge in [-0.05, 0) is 42.8 Å². The summed E-state index contributed by atoms with van der Waals surface area (Å²) in [6, 6.07) is 17.4. The highest BCUT2D eigenvalue weighted by Crippen LogP contribution is 2.39. The van der Waals surface area contributed by atoms with Crippen LogP contribution in [0.2, 0.25) is 0 Å². The monoisotopic (exact) mass is 416 g/mol. The number of esters is 1. The number of hydrogen-bond acceptors (Lipinski definition) is 6. The van der Waals surface area contributed by atoms with Gasteiger partial charge < -0.3 is 18.9 Å². The zero-order valence-electron chi connectivity index (χ0n) is 17.3. The van der Waals surface area contributed by atoms with Crippen molar-refractivity contribution in [2.45, 2.75) is 6.92 Å². The highest BCUT2D eigenvalue weighted by Gasteiger charge is 2.30. The Morgan fingerprint density at radius 1 is 0.935 bits per heavy atom. The number of ether oxygens (including phenoxy) is 4. The summed E-state index contributed by atoms with van der Waals surface area (Å²) in [5.74, 6) is 1.08. The fraction of sp³-hybridized carbons (Fsp3) is 0.120. The Morgan fingerprint density at radius 2 is 1.61 bits per heavy atom. The molecule has 0 saturated carbocycles. The molecule has 6 nitrogen and oxygen atoms in total. The van der Waals surface area contributed by atoms with Crippen molar-refractivity contribution in [3.05, 3.63) is 88.7 Å². The van der Waals surface area contributed by atoms with E-state index in [1.54, 1.807) is 43.3 Å². The largest absolute Gasteiger partial charge is 0.497 e. The smallest absolute Gasteiger partial charge is 0.343 e. The van der Waals surface area contributed by atoms with E-state index in [-0.39, 0.29) is 17.1 Å². The van der Waals surface area contributed by atoms with Crippen molar-refractivity contribution in [1.82, 2.24) is 0 Å². The van der Waals surface area contributed by atoms with Gasteiger partial charge in [0.05, 0.1) is 25.3 Å². The van der Waals surface area contributed by atoms with Crippen molar-refractivity contribution in [1.29, 1.82) is 0 Å². The van der Waals surface area contributed by atoms with Crippen molar-refractivity contribution < 1.29 is 28.5 Å². The van der Waals surface area contributed by atoms with Gasteiger partial charge in [0.25, 0.3) is 0 Å². The van der Waals surface area contributed by atoms with Crippen molar-refractivity contribution >= 4 is 17.8 Å². The van der Waals surface area contributed by atoms with Gasteiger partial charge in [0, 0.05) is 11.6 Å². The van der Waals surface area contributed by atoms with Gasteiger partial charge >= 0.3 is 5.97 Å². The van der Waals surface area contributed by atoms with Gasteiger partial charge in [-0.1, -0.05) is 30.3 Å². The van der Waals surface area contributed by atoms with Crippen molar-refractivity contribution in [3.8, 4) is 23.0 Å². The molecule has 6 heteroatoms. The van der Waals surface area contributed by atoms with E-state index in [2.05, 4.69) is 0 Å². The minimum absolute atomic E-state index is 0.211. The molecule has 0 unspecified atom stereocenters. The van der Waals surface area contributed by atoms with Gasteiger partial charge in [-0.15, -0.1) is 0 Å². The highest BCUT2D eigenvalue weighted by atomic mass is 16.5. The van der Waals surface area contributed by atoms with E-state index in [0.717, 1.165) is 5.56 Å². The lowest BCUT2D eigenvalue weighted by molar-refractivity contribution is 0.0732. The molecule has 3 aromatic carbocycles. The fourth-order valence-corrected chi connectivity index (χ4v) is 3.26. The van der Waals surface area contributed by atoms with E-state index in [1.165, 1.54) is 14.2 Å². The molecule has 0 amide bonds. The number of fused-ring (bicyclic) bond motifs is 1. The molecule has 0 aliphatic carbocycles. The molecule has 0 aromatic heterocycles. The van der Waals surface area contributed by atoms with Gasteiger partial charge in [0.15, 0.2) is 5.76 Å². The van der Waals surface area contributed by atoms with E-state index in [0.29, 0.717) is 34.1 Å². The molecule has 3 aromatic rings. The quantitative estimate of drug-likeness (QED) is 0.336. The first kappa shape index (κ1) is 20.2. The van der Waals surface area contributed by atoms with Crippen LogP contribution in [0.1, 0.15) is 31.8 Å². The molecule has 0 N–H and O–H groups in total. The van der Waals surface area contributed by atoms with E-state index < -0.39 is 5.97 Å². The van der Waals surface area contributed by atoms with Crippen LogP contribution in [0.4, 0.5) is 0 Å². The van der Waals surface area contributed by atoms with Gasteiger partial charge in [-0.25, -0.2) is 4.79 Å². The molecule has 0 saturated heterocycles. The Bertz CT molecular complexity index is 1170. The molecule has 0 radical (unpaired) electrons. The summed E-state index contributed by atoms with van der Waals surface area (Å²) >= 11 is 0. The van der Waals surface area contributed by atoms with Crippen LogP contribution in [0.3, 0.4) is 0 Å². The predicted molar refractivity (Wildman–Crippen MR) is 115 cm³/mol. The molecule has 0 fully saturated rings. The van der Waals surface area contributed by atoms with Crippen LogP contribution < -0.4 is 18.9 Å². The summed E-state index contributed by atoms with van der Waals surface area (Å²) in [5.41, 5.74) is 2.13. The Kier molecular flexibility index (Phi) is 5.45. The first-order chi connectivity index (χ1) is 15.0.